The molecule has 0 saturated heterocycles. The van der Waals surface area contributed by atoms with Crippen LogP contribution in [0.3, 0.4) is 0 Å². The Morgan fingerprint density at radius 1 is 1.11 bits per heavy atom. The Labute approximate surface area is 153 Å². The SMILES string of the molecule is CC(C)(O)c1cnc(-c2ccnc(NC(=O)OC(C)(C)C(F)(F)F)c2)nc1. The largest absolute Gasteiger partial charge is 0.434 e. The van der Waals surface area contributed by atoms with E-state index in [0.717, 1.165) is 13.8 Å². The topological polar surface area (TPSA) is 97.2 Å². The van der Waals surface area contributed by atoms with Crippen LogP contribution in [-0.2, 0) is 10.3 Å². The third-order valence-electron chi connectivity index (χ3n) is 3.64. The Morgan fingerprint density at radius 3 is 2.22 bits per heavy atom. The lowest BCUT2D eigenvalue weighted by Crippen LogP contribution is -2.44. The number of anilines is 1. The van der Waals surface area contributed by atoms with Gasteiger partial charge in [-0.1, -0.05) is 0 Å². The second-order valence-electron chi connectivity index (χ2n) is 6.81. The van der Waals surface area contributed by atoms with Crippen molar-refractivity contribution in [1.29, 1.82) is 0 Å². The molecule has 10 heteroatoms. The molecule has 2 rings (SSSR count). The molecule has 0 fully saturated rings. The Hall–Kier alpha value is -2.75. The van der Waals surface area contributed by atoms with Crippen LogP contribution in [0.1, 0.15) is 33.3 Å². The van der Waals surface area contributed by atoms with E-state index in [1.165, 1.54) is 24.7 Å². The molecular weight excluding hydrogens is 365 g/mol. The highest BCUT2D eigenvalue weighted by Crippen LogP contribution is 2.33. The Morgan fingerprint density at radius 2 is 1.70 bits per heavy atom. The molecule has 7 nitrogen and oxygen atoms in total. The quantitative estimate of drug-likeness (QED) is 0.835. The van der Waals surface area contributed by atoms with Crippen LogP contribution in [0.5, 0.6) is 0 Å². The third kappa shape index (κ3) is 5.13. The van der Waals surface area contributed by atoms with Crippen LogP contribution in [0.15, 0.2) is 30.7 Å². The van der Waals surface area contributed by atoms with Gasteiger partial charge in [0, 0.05) is 29.7 Å². The predicted molar refractivity (Wildman–Crippen MR) is 90.7 cm³/mol. The summed E-state index contributed by atoms with van der Waals surface area (Å²) in [5, 5.41) is 12.1. The van der Waals surface area contributed by atoms with E-state index in [4.69, 9.17) is 0 Å². The van der Waals surface area contributed by atoms with E-state index < -0.39 is 23.5 Å². The van der Waals surface area contributed by atoms with Gasteiger partial charge in [-0.05, 0) is 39.8 Å². The summed E-state index contributed by atoms with van der Waals surface area (Å²) in [5.74, 6) is 0.267. The van der Waals surface area contributed by atoms with Gasteiger partial charge >= 0.3 is 12.3 Å². The number of aromatic nitrogens is 3. The zero-order valence-electron chi connectivity index (χ0n) is 15.1. The summed E-state index contributed by atoms with van der Waals surface area (Å²) in [6.07, 6.45) is -1.75. The van der Waals surface area contributed by atoms with Gasteiger partial charge < -0.3 is 9.84 Å². The van der Waals surface area contributed by atoms with Crippen molar-refractivity contribution in [2.45, 2.75) is 45.1 Å². The number of rotatable bonds is 4. The lowest BCUT2D eigenvalue weighted by Gasteiger charge is -2.27. The molecule has 0 atom stereocenters. The maximum absolute atomic E-state index is 12.8. The first-order valence-corrected chi connectivity index (χ1v) is 7.88. The van der Waals surface area contributed by atoms with Gasteiger partial charge in [0.1, 0.15) is 5.82 Å². The molecule has 2 aromatic heterocycles. The molecule has 0 radical (unpaired) electrons. The van der Waals surface area contributed by atoms with Crippen molar-refractivity contribution in [3.05, 3.63) is 36.3 Å². The number of carbonyl (C=O) groups is 1. The molecule has 27 heavy (non-hydrogen) atoms. The van der Waals surface area contributed by atoms with E-state index in [1.807, 2.05) is 0 Å². The Bertz CT molecular complexity index is 815. The van der Waals surface area contributed by atoms with Crippen LogP contribution < -0.4 is 5.32 Å². The molecule has 2 aromatic rings. The number of pyridine rings is 1. The first-order valence-electron chi connectivity index (χ1n) is 7.88. The van der Waals surface area contributed by atoms with Crippen LogP contribution >= 0.6 is 0 Å². The molecule has 0 unspecified atom stereocenters. The summed E-state index contributed by atoms with van der Waals surface area (Å²) >= 11 is 0. The lowest BCUT2D eigenvalue weighted by molar-refractivity contribution is -0.242. The smallest absolute Gasteiger partial charge is 0.427 e. The highest BCUT2D eigenvalue weighted by molar-refractivity contribution is 5.84. The van der Waals surface area contributed by atoms with Crippen molar-refractivity contribution in [2.75, 3.05) is 5.32 Å². The van der Waals surface area contributed by atoms with Gasteiger partial charge in [0.2, 0.25) is 5.60 Å². The summed E-state index contributed by atoms with van der Waals surface area (Å²) in [4.78, 5) is 23.9. The van der Waals surface area contributed by atoms with Gasteiger partial charge in [0.25, 0.3) is 0 Å². The minimum absolute atomic E-state index is 0.0226. The minimum Gasteiger partial charge on any atom is -0.434 e. The fourth-order valence-electron chi connectivity index (χ4n) is 1.85. The molecule has 0 spiro atoms. The van der Waals surface area contributed by atoms with Crippen molar-refractivity contribution < 1.29 is 27.8 Å². The first kappa shape index (κ1) is 20.6. The number of nitrogens with one attached hydrogen (secondary N) is 1. The second-order valence-corrected chi connectivity index (χ2v) is 6.81. The number of alkyl halides is 3. The Balaban J connectivity index is 2.15. The number of hydrogen-bond acceptors (Lipinski definition) is 6. The predicted octanol–water partition coefficient (Wildman–Crippen LogP) is 3.66. The maximum atomic E-state index is 12.8. The van der Waals surface area contributed by atoms with E-state index in [-0.39, 0.29) is 11.6 Å². The molecule has 0 aliphatic heterocycles. The summed E-state index contributed by atoms with van der Waals surface area (Å²) in [6, 6.07) is 2.95. The fraction of sp³-hybridized carbons (Fsp3) is 0.412. The average molecular weight is 384 g/mol. The minimum atomic E-state index is -4.71. The van der Waals surface area contributed by atoms with Gasteiger partial charge in [-0.15, -0.1) is 0 Å². The number of hydrogen-bond donors (Lipinski definition) is 2. The van der Waals surface area contributed by atoms with Gasteiger partial charge in [-0.2, -0.15) is 13.2 Å². The maximum Gasteiger partial charge on any atom is 0.427 e. The number of carbonyl (C=O) groups excluding carboxylic acids is 1. The molecule has 0 aliphatic rings. The van der Waals surface area contributed by atoms with E-state index >= 15 is 0 Å². The summed E-state index contributed by atoms with van der Waals surface area (Å²) < 4.78 is 42.8. The molecule has 146 valence electrons. The summed E-state index contributed by atoms with van der Waals surface area (Å²) in [7, 11) is 0. The van der Waals surface area contributed by atoms with Crippen LogP contribution in [0.2, 0.25) is 0 Å². The van der Waals surface area contributed by atoms with Crippen molar-refractivity contribution >= 4 is 11.9 Å². The summed E-state index contributed by atoms with van der Waals surface area (Å²) in [6.45, 7) is 4.67. The van der Waals surface area contributed by atoms with Gasteiger partial charge in [0.05, 0.1) is 5.60 Å². The average Bonchev–Trinajstić information content (AvgIpc) is 2.52. The number of aliphatic hydroxyl groups is 1. The Kier molecular flexibility index (Phi) is 5.41. The first-order chi connectivity index (χ1) is 12.3. The normalized spacial score (nSPS) is 12.6. The van der Waals surface area contributed by atoms with Gasteiger partial charge in [-0.25, -0.2) is 19.7 Å². The molecule has 0 aromatic carbocycles. The van der Waals surface area contributed by atoms with E-state index in [1.54, 1.807) is 19.9 Å². The van der Waals surface area contributed by atoms with Crippen molar-refractivity contribution in [3.63, 3.8) is 0 Å². The monoisotopic (exact) mass is 384 g/mol. The number of amides is 1. The third-order valence-corrected chi connectivity index (χ3v) is 3.64. The second kappa shape index (κ2) is 7.10. The molecule has 0 saturated carbocycles. The van der Waals surface area contributed by atoms with E-state index in [9.17, 15) is 23.1 Å². The summed E-state index contributed by atoms with van der Waals surface area (Å²) in [5.41, 5.74) is -2.77. The number of halogens is 3. The highest BCUT2D eigenvalue weighted by atomic mass is 19.4. The van der Waals surface area contributed by atoms with Crippen LogP contribution in [-0.4, -0.2) is 37.9 Å². The molecular formula is C17H19F3N4O3. The fourth-order valence-corrected chi connectivity index (χ4v) is 1.85. The van der Waals surface area contributed by atoms with Crippen molar-refractivity contribution in [1.82, 2.24) is 15.0 Å². The molecule has 2 heterocycles. The van der Waals surface area contributed by atoms with Crippen molar-refractivity contribution in [2.24, 2.45) is 0 Å². The highest BCUT2D eigenvalue weighted by Gasteiger charge is 2.51. The lowest BCUT2D eigenvalue weighted by atomic mass is 10.0. The zero-order chi connectivity index (χ0) is 20.5. The number of nitrogens with zero attached hydrogens (tertiary/aromatic N) is 3. The zero-order valence-corrected chi connectivity index (χ0v) is 15.1. The van der Waals surface area contributed by atoms with Crippen LogP contribution in [0.4, 0.5) is 23.8 Å². The van der Waals surface area contributed by atoms with Gasteiger partial charge in [-0.3, -0.25) is 5.32 Å². The van der Waals surface area contributed by atoms with Crippen molar-refractivity contribution in [3.8, 4) is 11.4 Å². The molecule has 2 N–H and O–H groups in total. The van der Waals surface area contributed by atoms with Crippen LogP contribution in [0, 0.1) is 0 Å². The molecule has 0 aliphatic carbocycles. The van der Waals surface area contributed by atoms with Crippen LogP contribution in [0.25, 0.3) is 11.4 Å². The van der Waals surface area contributed by atoms with E-state index in [2.05, 4.69) is 25.0 Å². The number of ether oxygens (including phenoxy) is 1. The van der Waals surface area contributed by atoms with E-state index in [0.29, 0.717) is 11.1 Å². The molecule has 1 amide bonds. The molecule has 0 bridgehead atoms. The standard InChI is InChI=1S/C17H19F3N4O3/c1-15(2,26)11-8-22-13(23-9-11)10-5-6-21-12(7-10)24-14(25)27-16(3,4)17(18,19)20/h5-9,26H,1-4H3,(H,21,24,25). The van der Waals surface area contributed by atoms with Gasteiger partial charge in [0.15, 0.2) is 5.82 Å².